The summed E-state index contributed by atoms with van der Waals surface area (Å²) in [4.78, 5) is 0. The molecule has 0 aliphatic rings. The van der Waals surface area contributed by atoms with E-state index in [9.17, 15) is 0 Å². The van der Waals surface area contributed by atoms with Gasteiger partial charge in [0.2, 0.25) is 0 Å². The van der Waals surface area contributed by atoms with Crippen molar-refractivity contribution in [2.45, 2.75) is 19.4 Å². The monoisotopic (exact) mass is 138 g/mol. The van der Waals surface area contributed by atoms with E-state index in [2.05, 4.69) is 6.58 Å². The fraction of sp³-hybridized carbons (Fsp3) is 0.333. The fourth-order valence-corrected chi connectivity index (χ4v) is 0.497. The van der Waals surface area contributed by atoms with Gasteiger partial charge in [-0.05, 0) is 13.3 Å². The van der Waals surface area contributed by atoms with Gasteiger partial charge in [0.25, 0.3) is 0 Å². The third kappa shape index (κ3) is 7.18. The quantitative estimate of drug-likeness (QED) is 0.589. The van der Waals surface area contributed by atoms with E-state index in [1.165, 1.54) is 0 Å². The van der Waals surface area contributed by atoms with Gasteiger partial charge in [0.05, 0.1) is 6.10 Å². The average molecular weight is 138 g/mol. The van der Waals surface area contributed by atoms with Gasteiger partial charge in [-0.1, -0.05) is 37.0 Å². The molecule has 0 amide bonds. The van der Waals surface area contributed by atoms with Gasteiger partial charge < -0.3 is 5.11 Å². The summed E-state index contributed by atoms with van der Waals surface area (Å²) in [6.45, 7) is 5.29. The Kier molecular flexibility index (Phi) is 5.79. The molecular weight excluding hydrogens is 124 g/mol. The SMILES string of the molecule is C=C/C=C\C=C/C[C@@H](C)O. The molecule has 1 nitrogen and oxygen atoms in total. The molecule has 0 heterocycles. The normalized spacial score (nSPS) is 14.6. The van der Waals surface area contributed by atoms with Crippen LogP contribution in [-0.4, -0.2) is 11.2 Å². The molecule has 56 valence electrons. The van der Waals surface area contributed by atoms with Crippen LogP contribution in [0.25, 0.3) is 0 Å². The van der Waals surface area contributed by atoms with E-state index >= 15 is 0 Å². The topological polar surface area (TPSA) is 20.2 Å². The molecule has 0 aliphatic heterocycles. The molecule has 0 bridgehead atoms. The van der Waals surface area contributed by atoms with E-state index in [1.54, 1.807) is 13.0 Å². The van der Waals surface area contributed by atoms with Crippen LogP contribution in [0.5, 0.6) is 0 Å². The molecule has 0 saturated carbocycles. The molecule has 1 atom stereocenters. The van der Waals surface area contributed by atoms with E-state index < -0.39 is 0 Å². The smallest absolute Gasteiger partial charge is 0.0546 e. The molecule has 0 aromatic carbocycles. The summed E-state index contributed by atoms with van der Waals surface area (Å²) >= 11 is 0. The summed E-state index contributed by atoms with van der Waals surface area (Å²) in [7, 11) is 0. The molecule has 0 aromatic heterocycles. The van der Waals surface area contributed by atoms with Crippen molar-refractivity contribution in [1.29, 1.82) is 0 Å². The van der Waals surface area contributed by atoms with Gasteiger partial charge in [-0.25, -0.2) is 0 Å². The minimum atomic E-state index is -0.242. The highest BCUT2D eigenvalue weighted by molar-refractivity contribution is 5.08. The first-order chi connectivity index (χ1) is 4.77. The largest absolute Gasteiger partial charge is 0.393 e. The van der Waals surface area contributed by atoms with E-state index in [0.29, 0.717) is 6.42 Å². The highest BCUT2D eigenvalue weighted by atomic mass is 16.3. The van der Waals surface area contributed by atoms with Crippen molar-refractivity contribution in [2.24, 2.45) is 0 Å². The number of aliphatic hydroxyl groups excluding tert-OH is 1. The first-order valence-electron chi connectivity index (χ1n) is 3.39. The van der Waals surface area contributed by atoms with Crippen LogP contribution in [0.4, 0.5) is 0 Å². The maximum absolute atomic E-state index is 8.81. The van der Waals surface area contributed by atoms with Gasteiger partial charge in [0, 0.05) is 0 Å². The molecule has 1 heteroatoms. The minimum absolute atomic E-state index is 0.242. The molecule has 0 unspecified atom stereocenters. The zero-order chi connectivity index (χ0) is 7.82. The van der Waals surface area contributed by atoms with Crippen LogP contribution >= 0.6 is 0 Å². The number of aliphatic hydroxyl groups is 1. The molecule has 10 heavy (non-hydrogen) atoms. The first-order valence-corrected chi connectivity index (χ1v) is 3.39. The van der Waals surface area contributed by atoms with Crippen LogP contribution in [0.1, 0.15) is 13.3 Å². The van der Waals surface area contributed by atoms with Crippen LogP contribution < -0.4 is 0 Å². The van der Waals surface area contributed by atoms with Crippen LogP contribution in [0.15, 0.2) is 37.0 Å². The molecule has 0 radical (unpaired) electrons. The van der Waals surface area contributed by atoms with Crippen molar-refractivity contribution in [3.63, 3.8) is 0 Å². The summed E-state index contributed by atoms with van der Waals surface area (Å²) in [6, 6.07) is 0. The summed E-state index contributed by atoms with van der Waals surface area (Å²) in [6.07, 6.45) is 9.73. The lowest BCUT2D eigenvalue weighted by Crippen LogP contribution is -1.94. The van der Waals surface area contributed by atoms with E-state index in [4.69, 9.17) is 5.11 Å². The van der Waals surface area contributed by atoms with Crippen molar-refractivity contribution in [3.8, 4) is 0 Å². The van der Waals surface area contributed by atoms with Crippen LogP contribution in [0.3, 0.4) is 0 Å². The van der Waals surface area contributed by atoms with Gasteiger partial charge >= 0.3 is 0 Å². The Bertz CT molecular complexity index is 132. The Labute approximate surface area is 62.4 Å². The van der Waals surface area contributed by atoms with Crippen molar-refractivity contribution in [1.82, 2.24) is 0 Å². The molecule has 0 fully saturated rings. The summed E-state index contributed by atoms with van der Waals surface area (Å²) in [5, 5.41) is 8.81. The lowest BCUT2D eigenvalue weighted by molar-refractivity contribution is 0.198. The lowest BCUT2D eigenvalue weighted by Gasteiger charge is -1.93. The van der Waals surface area contributed by atoms with Crippen molar-refractivity contribution >= 4 is 0 Å². The van der Waals surface area contributed by atoms with E-state index in [1.807, 2.05) is 24.3 Å². The predicted octanol–water partition coefficient (Wildman–Crippen LogP) is 2.06. The molecule has 0 rings (SSSR count). The second-order valence-corrected chi connectivity index (χ2v) is 2.13. The van der Waals surface area contributed by atoms with Gasteiger partial charge in [-0.15, -0.1) is 0 Å². The lowest BCUT2D eigenvalue weighted by atomic mass is 10.2. The van der Waals surface area contributed by atoms with E-state index in [0.717, 1.165) is 0 Å². The van der Waals surface area contributed by atoms with Crippen LogP contribution in [0.2, 0.25) is 0 Å². The third-order valence-electron chi connectivity index (χ3n) is 0.972. The Hall–Kier alpha value is -0.820. The maximum atomic E-state index is 8.81. The highest BCUT2D eigenvalue weighted by Gasteiger charge is 1.86. The zero-order valence-electron chi connectivity index (χ0n) is 6.33. The zero-order valence-corrected chi connectivity index (χ0v) is 6.33. The second-order valence-electron chi connectivity index (χ2n) is 2.13. The van der Waals surface area contributed by atoms with Gasteiger partial charge in [0.15, 0.2) is 0 Å². The van der Waals surface area contributed by atoms with E-state index in [-0.39, 0.29) is 6.10 Å². The van der Waals surface area contributed by atoms with Gasteiger partial charge in [-0.3, -0.25) is 0 Å². The summed E-state index contributed by atoms with van der Waals surface area (Å²) in [5.41, 5.74) is 0. The number of hydrogen-bond acceptors (Lipinski definition) is 1. The van der Waals surface area contributed by atoms with Crippen LogP contribution in [-0.2, 0) is 0 Å². The molecule has 0 spiro atoms. The molecule has 1 N–H and O–H groups in total. The first kappa shape index (κ1) is 9.18. The fourth-order valence-electron chi connectivity index (χ4n) is 0.497. The number of hydrogen-bond donors (Lipinski definition) is 1. The predicted molar refractivity (Wildman–Crippen MR) is 44.8 cm³/mol. The Balaban J connectivity index is 3.37. The summed E-state index contributed by atoms with van der Waals surface area (Å²) < 4.78 is 0. The Morgan fingerprint density at radius 3 is 2.60 bits per heavy atom. The second kappa shape index (κ2) is 6.30. The average Bonchev–Trinajstić information content (AvgIpc) is 1.87. The molecular formula is C9H14O. The Morgan fingerprint density at radius 2 is 2.10 bits per heavy atom. The van der Waals surface area contributed by atoms with Crippen molar-refractivity contribution < 1.29 is 5.11 Å². The molecule has 0 aliphatic carbocycles. The van der Waals surface area contributed by atoms with Crippen molar-refractivity contribution in [3.05, 3.63) is 37.0 Å². The van der Waals surface area contributed by atoms with Crippen LogP contribution in [0, 0.1) is 0 Å². The van der Waals surface area contributed by atoms with Gasteiger partial charge in [0.1, 0.15) is 0 Å². The third-order valence-corrected chi connectivity index (χ3v) is 0.972. The van der Waals surface area contributed by atoms with Gasteiger partial charge in [-0.2, -0.15) is 0 Å². The number of allylic oxidation sites excluding steroid dienone is 4. The number of rotatable bonds is 4. The highest BCUT2D eigenvalue weighted by Crippen LogP contribution is 1.90. The minimum Gasteiger partial charge on any atom is -0.393 e. The van der Waals surface area contributed by atoms with Crippen molar-refractivity contribution in [2.75, 3.05) is 0 Å². The standard InChI is InChI=1S/C9H14O/c1-3-4-5-6-7-8-9(2)10/h3-7,9-10H,1,8H2,2H3/b5-4-,7-6-/t9-/m1/s1. The maximum Gasteiger partial charge on any atom is 0.0546 e. The molecule has 0 saturated heterocycles. The Morgan fingerprint density at radius 1 is 1.40 bits per heavy atom. The summed E-state index contributed by atoms with van der Waals surface area (Å²) in [5.74, 6) is 0. The molecule has 0 aromatic rings.